The van der Waals surface area contributed by atoms with E-state index >= 15 is 0 Å². The van der Waals surface area contributed by atoms with Gasteiger partial charge in [-0.3, -0.25) is 4.99 Å². The molecule has 0 bridgehead atoms. The maximum absolute atomic E-state index is 5.65. The molecule has 0 aliphatic carbocycles. The van der Waals surface area contributed by atoms with Gasteiger partial charge in [-0.15, -0.1) is 0 Å². The van der Waals surface area contributed by atoms with Crippen LogP contribution >= 0.6 is 0 Å². The first-order valence-corrected chi connectivity index (χ1v) is 8.42. The van der Waals surface area contributed by atoms with E-state index in [4.69, 9.17) is 14.2 Å². The molecule has 1 aromatic rings. The van der Waals surface area contributed by atoms with Gasteiger partial charge in [0.2, 0.25) is 0 Å². The highest BCUT2D eigenvalue weighted by molar-refractivity contribution is 5.80. The van der Waals surface area contributed by atoms with Crippen molar-refractivity contribution in [3.8, 4) is 5.75 Å². The number of nitrogens with one attached hydrogen (secondary N) is 1. The molecule has 6 nitrogen and oxygen atoms in total. The van der Waals surface area contributed by atoms with Crippen LogP contribution in [0.15, 0.2) is 29.3 Å². The van der Waals surface area contributed by atoms with E-state index in [1.807, 2.05) is 19.2 Å². The van der Waals surface area contributed by atoms with Gasteiger partial charge in [0.05, 0.1) is 26.9 Å². The maximum Gasteiger partial charge on any atom is 0.193 e. The van der Waals surface area contributed by atoms with E-state index in [0.29, 0.717) is 19.1 Å². The average molecular weight is 335 g/mol. The Labute approximate surface area is 144 Å². The molecule has 6 heteroatoms. The van der Waals surface area contributed by atoms with E-state index in [0.717, 1.165) is 44.4 Å². The molecule has 1 unspecified atom stereocenters. The van der Waals surface area contributed by atoms with Crippen molar-refractivity contribution in [1.82, 2.24) is 10.2 Å². The second-order valence-electron chi connectivity index (χ2n) is 5.92. The molecule has 134 valence electrons. The molecular weight excluding hydrogens is 306 g/mol. The molecule has 24 heavy (non-hydrogen) atoms. The quantitative estimate of drug-likeness (QED) is 0.446. The Morgan fingerprint density at radius 3 is 2.71 bits per heavy atom. The standard InChI is InChI=1S/C18H29N3O3/c1-19-18(20-12-15-4-6-17(23-3)7-5-15)21-9-8-16(13-21)14-24-11-10-22-2/h4-7,16H,8-14H2,1-3H3,(H,19,20). The molecule has 2 rings (SSSR count). The number of hydrogen-bond acceptors (Lipinski definition) is 4. The largest absolute Gasteiger partial charge is 0.497 e. The van der Waals surface area contributed by atoms with Crippen LogP contribution in [0.4, 0.5) is 0 Å². The van der Waals surface area contributed by atoms with Crippen molar-refractivity contribution in [2.24, 2.45) is 10.9 Å². The van der Waals surface area contributed by atoms with Crippen LogP contribution in [0.2, 0.25) is 0 Å². The van der Waals surface area contributed by atoms with Crippen molar-refractivity contribution in [3.63, 3.8) is 0 Å². The van der Waals surface area contributed by atoms with E-state index in [-0.39, 0.29) is 0 Å². The lowest BCUT2D eigenvalue weighted by Gasteiger charge is -2.22. The lowest BCUT2D eigenvalue weighted by molar-refractivity contribution is 0.0536. The summed E-state index contributed by atoms with van der Waals surface area (Å²) in [5.74, 6) is 2.38. The van der Waals surface area contributed by atoms with Crippen LogP contribution in [0.5, 0.6) is 5.75 Å². The Kier molecular flexibility index (Phi) is 7.85. The fraction of sp³-hybridized carbons (Fsp3) is 0.611. The number of guanidine groups is 1. The number of methoxy groups -OCH3 is 2. The van der Waals surface area contributed by atoms with Gasteiger partial charge in [-0.2, -0.15) is 0 Å². The molecule has 0 spiro atoms. The van der Waals surface area contributed by atoms with Gasteiger partial charge in [-0.1, -0.05) is 12.1 Å². The number of aliphatic imine (C=N–C) groups is 1. The molecule has 1 atom stereocenters. The highest BCUT2D eigenvalue weighted by atomic mass is 16.5. The molecule has 0 aromatic heterocycles. The summed E-state index contributed by atoms with van der Waals surface area (Å²) < 4.78 is 15.8. The van der Waals surface area contributed by atoms with Gasteiger partial charge in [-0.25, -0.2) is 0 Å². The molecule has 1 N–H and O–H groups in total. The van der Waals surface area contributed by atoms with Crippen molar-refractivity contribution in [2.75, 3.05) is 54.2 Å². The number of nitrogens with zero attached hydrogens (tertiary/aromatic N) is 2. The highest BCUT2D eigenvalue weighted by Crippen LogP contribution is 2.17. The lowest BCUT2D eigenvalue weighted by Crippen LogP contribution is -2.39. The van der Waals surface area contributed by atoms with E-state index < -0.39 is 0 Å². The number of likely N-dealkylation sites (tertiary alicyclic amines) is 1. The van der Waals surface area contributed by atoms with E-state index in [9.17, 15) is 0 Å². The molecule has 1 aliphatic heterocycles. The third kappa shape index (κ3) is 5.69. The zero-order valence-electron chi connectivity index (χ0n) is 15.0. The third-order valence-corrected chi connectivity index (χ3v) is 4.19. The summed E-state index contributed by atoms with van der Waals surface area (Å²) in [6.07, 6.45) is 1.14. The van der Waals surface area contributed by atoms with Crippen LogP contribution in [-0.2, 0) is 16.0 Å². The molecule has 1 aliphatic rings. The van der Waals surface area contributed by atoms with Gasteiger partial charge in [0, 0.05) is 39.7 Å². The molecule has 1 fully saturated rings. The Balaban J connectivity index is 1.75. The predicted molar refractivity (Wildman–Crippen MR) is 95.6 cm³/mol. The van der Waals surface area contributed by atoms with Gasteiger partial charge < -0.3 is 24.4 Å². The number of benzene rings is 1. The first kappa shape index (κ1) is 18.5. The van der Waals surface area contributed by atoms with Crippen LogP contribution in [0.3, 0.4) is 0 Å². The second-order valence-corrected chi connectivity index (χ2v) is 5.92. The lowest BCUT2D eigenvalue weighted by atomic mass is 10.1. The van der Waals surface area contributed by atoms with Gasteiger partial charge in [-0.05, 0) is 24.1 Å². The zero-order valence-corrected chi connectivity index (χ0v) is 15.0. The Bertz CT molecular complexity index is 505. The first-order valence-electron chi connectivity index (χ1n) is 8.42. The maximum atomic E-state index is 5.65. The van der Waals surface area contributed by atoms with Gasteiger partial charge >= 0.3 is 0 Å². The normalized spacial score (nSPS) is 18.0. The minimum atomic E-state index is 0.557. The van der Waals surface area contributed by atoms with Crippen molar-refractivity contribution >= 4 is 5.96 Å². The van der Waals surface area contributed by atoms with Crippen LogP contribution < -0.4 is 10.1 Å². The van der Waals surface area contributed by atoms with Crippen LogP contribution in [0.25, 0.3) is 0 Å². The Morgan fingerprint density at radius 1 is 1.25 bits per heavy atom. The third-order valence-electron chi connectivity index (χ3n) is 4.19. The Morgan fingerprint density at radius 2 is 2.04 bits per heavy atom. The number of hydrogen-bond donors (Lipinski definition) is 1. The minimum Gasteiger partial charge on any atom is -0.497 e. The summed E-state index contributed by atoms with van der Waals surface area (Å²) in [7, 11) is 5.20. The Hall–Kier alpha value is -1.79. The smallest absolute Gasteiger partial charge is 0.193 e. The summed E-state index contributed by atoms with van der Waals surface area (Å²) in [5.41, 5.74) is 1.20. The topological polar surface area (TPSA) is 55.3 Å². The van der Waals surface area contributed by atoms with Gasteiger partial charge in [0.15, 0.2) is 5.96 Å². The predicted octanol–water partition coefficient (Wildman–Crippen LogP) is 1.76. The first-order chi connectivity index (χ1) is 11.8. The van der Waals surface area contributed by atoms with E-state index in [1.165, 1.54) is 5.56 Å². The minimum absolute atomic E-state index is 0.557. The average Bonchev–Trinajstić information content (AvgIpc) is 3.08. The molecule has 0 saturated carbocycles. The van der Waals surface area contributed by atoms with Crippen molar-refractivity contribution in [2.45, 2.75) is 13.0 Å². The zero-order chi connectivity index (χ0) is 17.2. The summed E-state index contributed by atoms with van der Waals surface area (Å²) in [6, 6.07) is 8.08. The fourth-order valence-corrected chi connectivity index (χ4v) is 2.81. The summed E-state index contributed by atoms with van der Waals surface area (Å²) in [5, 5.41) is 3.44. The van der Waals surface area contributed by atoms with Crippen molar-refractivity contribution in [1.29, 1.82) is 0 Å². The van der Waals surface area contributed by atoms with Crippen LogP contribution in [-0.4, -0.2) is 65.0 Å². The number of rotatable bonds is 8. The molecule has 1 aromatic carbocycles. The summed E-state index contributed by atoms with van der Waals surface area (Å²) in [4.78, 5) is 6.71. The highest BCUT2D eigenvalue weighted by Gasteiger charge is 2.24. The van der Waals surface area contributed by atoms with Crippen LogP contribution in [0, 0.1) is 5.92 Å². The summed E-state index contributed by atoms with van der Waals surface area (Å²) in [6.45, 7) is 4.85. The molecule has 1 saturated heterocycles. The molecular formula is C18H29N3O3. The van der Waals surface area contributed by atoms with E-state index in [2.05, 4.69) is 27.3 Å². The monoisotopic (exact) mass is 335 g/mol. The fourth-order valence-electron chi connectivity index (χ4n) is 2.81. The van der Waals surface area contributed by atoms with Gasteiger partial charge in [0.25, 0.3) is 0 Å². The second kappa shape index (κ2) is 10.2. The van der Waals surface area contributed by atoms with E-state index in [1.54, 1.807) is 14.2 Å². The molecule has 0 radical (unpaired) electrons. The molecule has 0 amide bonds. The van der Waals surface area contributed by atoms with Gasteiger partial charge in [0.1, 0.15) is 5.75 Å². The SMILES string of the molecule is CN=C(NCc1ccc(OC)cc1)N1CCC(COCCOC)C1. The van der Waals surface area contributed by atoms with Crippen molar-refractivity contribution < 1.29 is 14.2 Å². The van der Waals surface area contributed by atoms with Crippen LogP contribution in [0.1, 0.15) is 12.0 Å². The molecule has 1 heterocycles. The number of ether oxygens (including phenoxy) is 3. The summed E-state index contributed by atoms with van der Waals surface area (Å²) >= 11 is 0. The van der Waals surface area contributed by atoms with Crippen molar-refractivity contribution in [3.05, 3.63) is 29.8 Å².